The first-order valence-electron chi connectivity index (χ1n) is 8.09. The minimum Gasteiger partial charge on any atom is -0.480 e. The van der Waals surface area contributed by atoms with Crippen LogP contribution in [0.5, 0.6) is 0 Å². The van der Waals surface area contributed by atoms with E-state index in [2.05, 4.69) is 4.72 Å². The van der Waals surface area contributed by atoms with Gasteiger partial charge in [0.25, 0.3) is 0 Å². The number of carboxylic acids is 1. The van der Waals surface area contributed by atoms with Gasteiger partial charge in [0.2, 0.25) is 10.0 Å². The molecule has 0 amide bonds. The summed E-state index contributed by atoms with van der Waals surface area (Å²) in [7, 11) is -3.93. The molecule has 0 fully saturated rings. The number of aryl methyl sites for hydroxylation is 2. The van der Waals surface area contributed by atoms with Crippen LogP contribution in [0.1, 0.15) is 38.0 Å². The lowest BCUT2D eigenvalue weighted by molar-refractivity contribution is -0.140. The summed E-state index contributed by atoms with van der Waals surface area (Å²) in [5.41, 5.74) is 1.71. The molecule has 24 heavy (non-hydrogen) atoms. The third-order valence-electron chi connectivity index (χ3n) is 4.45. The van der Waals surface area contributed by atoms with E-state index in [1.807, 2.05) is 0 Å². The van der Waals surface area contributed by atoms with Crippen molar-refractivity contribution in [1.82, 2.24) is 4.72 Å². The predicted octanol–water partition coefficient (Wildman–Crippen LogP) is 2.70. The van der Waals surface area contributed by atoms with Gasteiger partial charge < -0.3 is 9.52 Å². The van der Waals surface area contributed by atoms with Crippen LogP contribution >= 0.6 is 0 Å². The normalized spacial score (nSPS) is 16.3. The zero-order chi connectivity index (χ0) is 17.5. The Kier molecular flexibility index (Phi) is 4.40. The summed E-state index contributed by atoms with van der Waals surface area (Å²) in [5.74, 6) is -0.621. The van der Waals surface area contributed by atoms with Crippen LogP contribution in [0.3, 0.4) is 0 Å². The van der Waals surface area contributed by atoms with Crippen LogP contribution in [0.25, 0.3) is 11.0 Å². The molecule has 1 heterocycles. The van der Waals surface area contributed by atoms with Crippen molar-refractivity contribution in [3.63, 3.8) is 0 Å². The van der Waals surface area contributed by atoms with Crippen molar-refractivity contribution in [2.75, 3.05) is 0 Å². The van der Waals surface area contributed by atoms with Crippen molar-refractivity contribution < 1.29 is 22.7 Å². The lowest BCUT2D eigenvalue weighted by Crippen LogP contribution is -2.44. The van der Waals surface area contributed by atoms with Crippen LogP contribution in [0.15, 0.2) is 27.5 Å². The van der Waals surface area contributed by atoms with Gasteiger partial charge in [-0.2, -0.15) is 4.72 Å². The van der Waals surface area contributed by atoms with E-state index in [-0.39, 0.29) is 10.8 Å². The average molecular weight is 351 g/mol. The second-order valence-electron chi connectivity index (χ2n) is 6.55. The molecule has 7 heteroatoms. The van der Waals surface area contributed by atoms with Crippen molar-refractivity contribution in [2.24, 2.45) is 5.92 Å². The van der Waals surface area contributed by atoms with Gasteiger partial charge in [0.15, 0.2) is 0 Å². The highest BCUT2D eigenvalue weighted by molar-refractivity contribution is 7.89. The second-order valence-corrected chi connectivity index (χ2v) is 8.26. The fourth-order valence-electron chi connectivity index (χ4n) is 3.12. The van der Waals surface area contributed by atoms with Crippen LogP contribution in [0.4, 0.5) is 0 Å². The molecule has 0 spiro atoms. The maximum Gasteiger partial charge on any atom is 0.322 e. The SMILES string of the molecule is CC(C)[C@H](NS(=O)(=O)c1ccc2c3c(oc2c1)CCCC3)C(=O)O. The van der Waals surface area contributed by atoms with E-state index < -0.39 is 22.0 Å². The number of hydrogen-bond acceptors (Lipinski definition) is 4. The molecule has 0 saturated heterocycles. The molecule has 0 unspecified atom stereocenters. The van der Waals surface area contributed by atoms with Crippen LogP contribution in [-0.2, 0) is 27.7 Å². The van der Waals surface area contributed by atoms with E-state index in [0.717, 1.165) is 36.8 Å². The van der Waals surface area contributed by atoms with Crippen LogP contribution in [0, 0.1) is 5.92 Å². The van der Waals surface area contributed by atoms with Crippen molar-refractivity contribution in [3.05, 3.63) is 29.5 Å². The molecule has 1 aromatic heterocycles. The van der Waals surface area contributed by atoms with E-state index in [1.165, 1.54) is 17.7 Å². The molecular formula is C17H21NO5S. The van der Waals surface area contributed by atoms with Crippen LogP contribution in [-0.4, -0.2) is 25.5 Å². The van der Waals surface area contributed by atoms with Gasteiger partial charge in [-0.05, 0) is 37.3 Å². The number of hydrogen-bond donors (Lipinski definition) is 2. The Morgan fingerprint density at radius 1 is 1.25 bits per heavy atom. The number of benzene rings is 1. The van der Waals surface area contributed by atoms with Gasteiger partial charge in [-0.25, -0.2) is 8.42 Å². The number of nitrogens with one attached hydrogen (secondary N) is 1. The highest BCUT2D eigenvalue weighted by atomic mass is 32.2. The molecule has 0 saturated carbocycles. The molecule has 6 nitrogen and oxygen atoms in total. The Hall–Kier alpha value is -1.86. The number of sulfonamides is 1. The third kappa shape index (κ3) is 3.06. The van der Waals surface area contributed by atoms with Gasteiger partial charge in [-0.3, -0.25) is 4.79 Å². The van der Waals surface area contributed by atoms with Crippen LogP contribution < -0.4 is 4.72 Å². The molecule has 0 aliphatic heterocycles. The maximum atomic E-state index is 12.5. The molecule has 3 rings (SSSR count). The van der Waals surface area contributed by atoms with E-state index in [4.69, 9.17) is 4.42 Å². The van der Waals surface area contributed by atoms with Gasteiger partial charge in [0.05, 0.1) is 4.90 Å². The molecular weight excluding hydrogens is 330 g/mol. The largest absolute Gasteiger partial charge is 0.480 e. The molecule has 130 valence electrons. The van der Waals surface area contributed by atoms with Gasteiger partial charge >= 0.3 is 5.97 Å². The highest BCUT2D eigenvalue weighted by Crippen LogP contribution is 2.33. The minimum atomic E-state index is -3.93. The average Bonchev–Trinajstić information content (AvgIpc) is 2.89. The van der Waals surface area contributed by atoms with Gasteiger partial charge in [-0.15, -0.1) is 0 Å². The lowest BCUT2D eigenvalue weighted by Gasteiger charge is -2.17. The molecule has 1 atom stereocenters. The summed E-state index contributed by atoms with van der Waals surface area (Å²) >= 11 is 0. The number of rotatable bonds is 5. The van der Waals surface area contributed by atoms with Crippen LogP contribution in [0.2, 0.25) is 0 Å². The van der Waals surface area contributed by atoms with Crippen molar-refractivity contribution >= 4 is 27.0 Å². The Bertz CT molecular complexity index is 882. The molecule has 2 aromatic rings. The Morgan fingerprint density at radius 2 is 1.96 bits per heavy atom. The summed E-state index contributed by atoms with van der Waals surface area (Å²) in [6.07, 6.45) is 4.01. The van der Waals surface area contributed by atoms with E-state index in [9.17, 15) is 18.3 Å². The van der Waals surface area contributed by atoms with Gasteiger partial charge in [0.1, 0.15) is 17.4 Å². The topological polar surface area (TPSA) is 96.6 Å². The third-order valence-corrected chi connectivity index (χ3v) is 5.89. The summed E-state index contributed by atoms with van der Waals surface area (Å²) in [4.78, 5) is 11.3. The standard InChI is InChI=1S/C17H21NO5S/c1-10(2)16(17(19)20)18-24(21,22)11-7-8-13-12-5-3-4-6-14(12)23-15(13)9-11/h7-10,16,18H,3-6H2,1-2H3,(H,19,20)/t16-/m0/s1. The monoisotopic (exact) mass is 351 g/mol. The molecule has 0 radical (unpaired) electrons. The molecule has 1 aliphatic rings. The quantitative estimate of drug-likeness (QED) is 0.863. The molecule has 1 aliphatic carbocycles. The number of carboxylic acid groups (broad SMARTS) is 1. The second kappa shape index (κ2) is 6.22. The first kappa shape index (κ1) is 17.0. The lowest BCUT2D eigenvalue weighted by atomic mass is 9.96. The van der Waals surface area contributed by atoms with Gasteiger partial charge in [-0.1, -0.05) is 13.8 Å². The maximum absolute atomic E-state index is 12.5. The Labute approximate surface area is 140 Å². The fourth-order valence-corrected chi connectivity index (χ4v) is 4.47. The minimum absolute atomic E-state index is 0.0213. The summed E-state index contributed by atoms with van der Waals surface area (Å²) in [6, 6.07) is 3.57. The Morgan fingerprint density at radius 3 is 2.62 bits per heavy atom. The Balaban J connectivity index is 1.97. The van der Waals surface area contributed by atoms with E-state index in [0.29, 0.717) is 5.58 Å². The number of fused-ring (bicyclic) bond motifs is 3. The zero-order valence-electron chi connectivity index (χ0n) is 13.7. The molecule has 0 bridgehead atoms. The predicted molar refractivity (Wildman–Crippen MR) is 89.4 cm³/mol. The van der Waals surface area contributed by atoms with Crippen molar-refractivity contribution in [1.29, 1.82) is 0 Å². The smallest absolute Gasteiger partial charge is 0.322 e. The number of aliphatic carboxylic acids is 1. The van der Waals surface area contributed by atoms with E-state index >= 15 is 0 Å². The summed E-state index contributed by atoms with van der Waals surface area (Å²) < 4.78 is 33.1. The van der Waals surface area contributed by atoms with E-state index in [1.54, 1.807) is 19.9 Å². The molecule has 2 N–H and O–H groups in total. The molecule has 1 aromatic carbocycles. The highest BCUT2D eigenvalue weighted by Gasteiger charge is 2.28. The summed E-state index contributed by atoms with van der Waals surface area (Å²) in [5, 5.41) is 10.1. The number of furan rings is 1. The summed E-state index contributed by atoms with van der Waals surface area (Å²) in [6.45, 7) is 3.32. The van der Waals surface area contributed by atoms with Crippen molar-refractivity contribution in [2.45, 2.75) is 50.5 Å². The first-order chi connectivity index (χ1) is 11.3. The van der Waals surface area contributed by atoms with Gasteiger partial charge in [0, 0.05) is 23.4 Å². The zero-order valence-corrected chi connectivity index (χ0v) is 14.5. The first-order valence-corrected chi connectivity index (χ1v) is 9.57. The van der Waals surface area contributed by atoms with Crippen molar-refractivity contribution in [3.8, 4) is 0 Å². The fraction of sp³-hybridized carbons (Fsp3) is 0.471. The number of carbonyl (C=O) groups is 1.